The maximum absolute atomic E-state index is 11.8. The average Bonchev–Trinajstić information content (AvgIpc) is 2.36. The van der Waals surface area contributed by atoms with Crippen LogP contribution in [-0.4, -0.2) is 18.0 Å². The smallest absolute Gasteiger partial charge is 0.190 e. The van der Waals surface area contributed by atoms with Crippen molar-refractivity contribution in [2.24, 2.45) is 0 Å². The Morgan fingerprint density at radius 2 is 2.00 bits per heavy atom. The predicted octanol–water partition coefficient (Wildman–Crippen LogP) is 2.63. The van der Waals surface area contributed by atoms with Crippen LogP contribution in [0.25, 0.3) is 0 Å². The van der Waals surface area contributed by atoms with Gasteiger partial charge in [0.2, 0.25) is 0 Å². The lowest BCUT2D eigenvalue weighted by molar-refractivity contribution is -0.230. The van der Waals surface area contributed by atoms with E-state index in [1.807, 2.05) is 30.3 Å². The highest BCUT2D eigenvalue weighted by Crippen LogP contribution is 2.29. The summed E-state index contributed by atoms with van der Waals surface area (Å²) in [7, 11) is 0. The molecule has 0 unspecified atom stereocenters. The molecule has 1 aromatic rings. The van der Waals surface area contributed by atoms with Crippen molar-refractivity contribution in [2.45, 2.75) is 31.8 Å². The molecule has 0 radical (unpaired) electrons. The van der Waals surface area contributed by atoms with E-state index in [-0.39, 0.29) is 5.78 Å². The van der Waals surface area contributed by atoms with Crippen molar-refractivity contribution in [3.8, 4) is 0 Å². The van der Waals surface area contributed by atoms with E-state index in [0.29, 0.717) is 6.42 Å². The lowest BCUT2D eigenvalue weighted by Crippen LogP contribution is -2.41. The van der Waals surface area contributed by atoms with Gasteiger partial charge < -0.3 is 9.47 Å². The Kier molecular flexibility index (Phi) is 3.71. The summed E-state index contributed by atoms with van der Waals surface area (Å²) < 4.78 is 11.2. The maximum Gasteiger partial charge on any atom is 0.190 e. The Bertz CT molecular complexity index is 399. The molecule has 0 saturated carbocycles. The van der Waals surface area contributed by atoms with E-state index in [4.69, 9.17) is 9.47 Å². The third-order valence-electron chi connectivity index (χ3n) is 2.79. The van der Waals surface area contributed by atoms with E-state index in [1.165, 1.54) is 0 Å². The fraction of sp³-hybridized carbons (Fsp3) is 0.357. The number of Topliss-reactive ketones (excluding diaryl/α,β-unsaturated/α-hetero) is 1. The molecule has 3 nitrogen and oxygen atoms in total. The molecule has 1 heterocycles. The molecule has 1 saturated heterocycles. The summed E-state index contributed by atoms with van der Waals surface area (Å²) in [5.41, 5.74) is 0.931. The van der Waals surface area contributed by atoms with Crippen LogP contribution in [0.3, 0.4) is 0 Å². The van der Waals surface area contributed by atoms with E-state index >= 15 is 0 Å². The van der Waals surface area contributed by atoms with Crippen LogP contribution in [0.2, 0.25) is 0 Å². The zero-order valence-corrected chi connectivity index (χ0v) is 9.84. The lowest BCUT2D eigenvalue weighted by atomic mass is 10.1. The minimum absolute atomic E-state index is 0.0166. The lowest BCUT2D eigenvalue weighted by Gasteiger charge is -2.32. The van der Waals surface area contributed by atoms with Gasteiger partial charge in [-0.05, 0) is 13.3 Å². The van der Waals surface area contributed by atoms with Gasteiger partial charge in [-0.25, -0.2) is 0 Å². The number of ether oxygens (including phenoxy) is 2. The summed E-state index contributed by atoms with van der Waals surface area (Å²) in [6.07, 6.45) is 0.882. The summed E-state index contributed by atoms with van der Waals surface area (Å²) in [6, 6.07) is 9.63. The predicted molar refractivity (Wildman–Crippen MR) is 64.4 cm³/mol. The zero-order chi connectivity index (χ0) is 12.3. The molecule has 1 aliphatic heterocycles. The molecule has 0 spiro atoms. The molecule has 90 valence electrons. The van der Waals surface area contributed by atoms with Crippen LogP contribution in [0.5, 0.6) is 0 Å². The van der Waals surface area contributed by atoms with Crippen LogP contribution in [-0.2, 0) is 14.3 Å². The van der Waals surface area contributed by atoms with Crippen LogP contribution in [0.15, 0.2) is 43.0 Å². The molecule has 0 N–H and O–H groups in total. The summed E-state index contributed by atoms with van der Waals surface area (Å²) in [5, 5.41) is 0. The largest absolute Gasteiger partial charge is 0.337 e. The molecule has 17 heavy (non-hydrogen) atoms. The fourth-order valence-corrected chi connectivity index (χ4v) is 1.85. The monoisotopic (exact) mass is 232 g/mol. The summed E-state index contributed by atoms with van der Waals surface area (Å²) in [5.74, 6) is -0.0166. The number of rotatable bonds is 3. The molecule has 3 atom stereocenters. The minimum atomic E-state index is -0.464. The normalized spacial score (nSPS) is 29.0. The SMILES string of the molecule is C=CC[C@@H]1O[C@H](c2ccccc2)O[C@H](C)C1=O. The number of carbonyl (C=O) groups excluding carboxylic acids is 1. The van der Waals surface area contributed by atoms with E-state index < -0.39 is 18.5 Å². The standard InChI is InChI=1S/C14H16O3/c1-3-7-12-13(15)10(2)16-14(17-12)11-8-5-4-6-9-11/h3-6,8-10,12,14H,1,7H2,2H3/t10-,12+,14-/m1/s1. The van der Waals surface area contributed by atoms with Crippen molar-refractivity contribution in [2.75, 3.05) is 0 Å². The van der Waals surface area contributed by atoms with Crippen LogP contribution in [0, 0.1) is 0 Å². The summed E-state index contributed by atoms with van der Waals surface area (Å²) in [6.45, 7) is 5.40. The average molecular weight is 232 g/mol. The summed E-state index contributed by atoms with van der Waals surface area (Å²) >= 11 is 0. The molecule has 0 aliphatic carbocycles. The third-order valence-corrected chi connectivity index (χ3v) is 2.79. The van der Waals surface area contributed by atoms with Gasteiger partial charge in [-0.1, -0.05) is 36.4 Å². The molecule has 0 aromatic heterocycles. The molecule has 0 bridgehead atoms. The highest BCUT2D eigenvalue weighted by atomic mass is 16.7. The molecule has 2 rings (SSSR count). The van der Waals surface area contributed by atoms with E-state index in [9.17, 15) is 4.79 Å². The number of hydrogen-bond donors (Lipinski definition) is 0. The van der Waals surface area contributed by atoms with Crippen LogP contribution in [0.1, 0.15) is 25.2 Å². The van der Waals surface area contributed by atoms with Gasteiger partial charge in [0.05, 0.1) is 0 Å². The van der Waals surface area contributed by atoms with E-state index in [0.717, 1.165) is 5.56 Å². The molecule has 1 aliphatic rings. The Labute approximate surface area is 101 Å². The zero-order valence-electron chi connectivity index (χ0n) is 9.84. The van der Waals surface area contributed by atoms with Gasteiger partial charge in [0, 0.05) is 5.56 Å². The highest BCUT2D eigenvalue weighted by molar-refractivity contribution is 5.87. The Balaban J connectivity index is 2.15. The number of benzene rings is 1. The number of carbonyl (C=O) groups is 1. The van der Waals surface area contributed by atoms with Gasteiger partial charge in [-0.3, -0.25) is 4.79 Å². The van der Waals surface area contributed by atoms with Gasteiger partial charge in [0.25, 0.3) is 0 Å². The number of hydrogen-bond acceptors (Lipinski definition) is 3. The first kappa shape index (κ1) is 12.0. The van der Waals surface area contributed by atoms with Crippen LogP contribution >= 0.6 is 0 Å². The van der Waals surface area contributed by atoms with Crippen LogP contribution in [0.4, 0.5) is 0 Å². The highest BCUT2D eigenvalue weighted by Gasteiger charge is 2.35. The van der Waals surface area contributed by atoms with Crippen molar-refractivity contribution in [3.63, 3.8) is 0 Å². The second-order valence-electron chi connectivity index (χ2n) is 4.07. The molecule has 3 heteroatoms. The molecule has 1 aromatic carbocycles. The molecular weight excluding hydrogens is 216 g/mol. The fourth-order valence-electron chi connectivity index (χ4n) is 1.85. The Hall–Kier alpha value is -1.45. The van der Waals surface area contributed by atoms with Crippen molar-refractivity contribution in [1.29, 1.82) is 0 Å². The van der Waals surface area contributed by atoms with E-state index in [2.05, 4.69) is 6.58 Å². The quantitative estimate of drug-likeness (QED) is 0.751. The second-order valence-corrected chi connectivity index (χ2v) is 4.07. The van der Waals surface area contributed by atoms with Gasteiger partial charge in [0.15, 0.2) is 12.1 Å². The van der Waals surface area contributed by atoms with E-state index in [1.54, 1.807) is 13.0 Å². The molecule has 0 amide bonds. The van der Waals surface area contributed by atoms with Crippen LogP contribution < -0.4 is 0 Å². The van der Waals surface area contributed by atoms with Crippen molar-refractivity contribution < 1.29 is 14.3 Å². The Morgan fingerprint density at radius 1 is 1.29 bits per heavy atom. The van der Waals surface area contributed by atoms with Gasteiger partial charge in [-0.2, -0.15) is 0 Å². The topological polar surface area (TPSA) is 35.5 Å². The first-order valence-electron chi connectivity index (χ1n) is 5.73. The first-order chi connectivity index (χ1) is 8.22. The second kappa shape index (κ2) is 5.25. The van der Waals surface area contributed by atoms with Crippen molar-refractivity contribution >= 4 is 5.78 Å². The van der Waals surface area contributed by atoms with Gasteiger partial charge in [-0.15, -0.1) is 6.58 Å². The third kappa shape index (κ3) is 2.62. The number of ketones is 1. The minimum Gasteiger partial charge on any atom is -0.337 e. The Morgan fingerprint density at radius 3 is 2.65 bits per heavy atom. The molecular formula is C14H16O3. The summed E-state index contributed by atoms with van der Waals surface area (Å²) in [4.78, 5) is 11.8. The molecule has 1 fully saturated rings. The van der Waals surface area contributed by atoms with Crippen molar-refractivity contribution in [1.82, 2.24) is 0 Å². The van der Waals surface area contributed by atoms with Gasteiger partial charge in [0.1, 0.15) is 12.2 Å². The van der Waals surface area contributed by atoms with Gasteiger partial charge >= 0.3 is 0 Å². The van der Waals surface area contributed by atoms with Crippen molar-refractivity contribution in [3.05, 3.63) is 48.6 Å². The maximum atomic E-state index is 11.8. The first-order valence-corrected chi connectivity index (χ1v) is 5.73.